The fourth-order valence-corrected chi connectivity index (χ4v) is 6.77. The van der Waals surface area contributed by atoms with Gasteiger partial charge in [-0.25, -0.2) is 0 Å². The normalized spacial score (nSPS) is 11.2. The monoisotopic (exact) mass is 564 g/mol. The molecule has 0 aliphatic carbocycles. The summed E-state index contributed by atoms with van der Waals surface area (Å²) in [6.07, 6.45) is 3.79. The second kappa shape index (κ2) is 11.1. The van der Waals surface area contributed by atoms with Gasteiger partial charge in [0.15, 0.2) is 13.0 Å². The van der Waals surface area contributed by atoms with Crippen molar-refractivity contribution in [1.29, 1.82) is 0 Å². The molecule has 0 bridgehead atoms. The Morgan fingerprint density at radius 2 is 1.38 bits per heavy atom. The van der Waals surface area contributed by atoms with Crippen LogP contribution in [0.2, 0.25) is 0 Å². The van der Waals surface area contributed by atoms with Crippen LogP contribution in [0, 0.1) is 0 Å². The van der Waals surface area contributed by atoms with E-state index in [1.165, 1.54) is 81.1 Å². The molecule has 4 aromatic heterocycles. The van der Waals surface area contributed by atoms with Gasteiger partial charge in [0.05, 0.1) is 11.5 Å². The van der Waals surface area contributed by atoms with Gasteiger partial charge in [-0.2, -0.15) is 4.52 Å². The number of fused-ring (bicyclic) bond motifs is 1. The maximum atomic E-state index is 12.2. The van der Waals surface area contributed by atoms with Gasteiger partial charge in [-0.3, -0.25) is 20.2 Å². The van der Waals surface area contributed by atoms with Gasteiger partial charge >= 0.3 is 0 Å². The summed E-state index contributed by atoms with van der Waals surface area (Å²) in [5.41, 5.74) is 0. The average molecular weight is 565 g/mol. The van der Waals surface area contributed by atoms with Crippen molar-refractivity contribution in [2.75, 3.05) is 34.7 Å². The van der Waals surface area contributed by atoms with E-state index in [9.17, 15) is 9.59 Å². The maximum Gasteiger partial charge on any atom is 0.236 e. The molecular formula is C13H12N10O2S7. The first-order chi connectivity index (χ1) is 15.5. The molecule has 0 spiro atoms. The minimum absolute atomic E-state index is 0.122. The second-order valence-corrected chi connectivity index (χ2v) is 12.6. The fourth-order valence-electron chi connectivity index (χ4n) is 1.98. The number of hydrogen-bond donors (Lipinski definition) is 2. The van der Waals surface area contributed by atoms with Crippen molar-refractivity contribution in [2.24, 2.45) is 0 Å². The molecule has 168 valence electrons. The van der Waals surface area contributed by atoms with E-state index in [1.807, 2.05) is 12.5 Å². The molecule has 2 N–H and O–H groups in total. The summed E-state index contributed by atoms with van der Waals surface area (Å²) < 4.78 is 3.79. The molecule has 0 aromatic carbocycles. The number of aromatic nitrogens is 8. The largest absolute Gasteiger partial charge is 0.300 e. The van der Waals surface area contributed by atoms with Crippen LogP contribution >= 0.6 is 81.1 Å². The number of rotatable bonds is 10. The van der Waals surface area contributed by atoms with Gasteiger partial charge in [0, 0.05) is 0 Å². The number of hydrogen-bond acceptors (Lipinski definition) is 16. The number of anilines is 2. The number of nitrogens with one attached hydrogen (secondary N) is 2. The summed E-state index contributed by atoms with van der Waals surface area (Å²) in [5, 5.41) is 35.1. The van der Waals surface area contributed by atoms with E-state index in [0.29, 0.717) is 24.7 Å². The van der Waals surface area contributed by atoms with Gasteiger partial charge in [-0.1, -0.05) is 81.1 Å². The molecule has 0 fully saturated rings. The third-order valence-electron chi connectivity index (χ3n) is 3.26. The third-order valence-corrected chi connectivity index (χ3v) is 9.84. The van der Waals surface area contributed by atoms with E-state index in [4.69, 9.17) is 0 Å². The van der Waals surface area contributed by atoms with E-state index in [-0.39, 0.29) is 23.3 Å². The molecule has 12 nitrogen and oxygen atoms in total. The Bertz CT molecular complexity index is 1230. The molecule has 19 heteroatoms. The number of amides is 2. The fraction of sp³-hybridized carbons (Fsp3) is 0.308. The first kappa shape index (κ1) is 23.6. The van der Waals surface area contributed by atoms with E-state index < -0.39 is 0 Å². The third kappa shape index (κ3) is 6.08. The molecule has 0 unspecified atom stereocenters. The predicted octanol–water partition coefficient (Wildman–Crippen LogP) is 2.79. The van der Waals surface area contributed by atoms with E-state index in [2.05, 4.69) is 46.3 Å². The summed E-state index contributed by atoms with van der Waals surface area (Å²) in [5.74, 6) is -0.129. The summed E-state index contributed by atoms with van der Waals surface area (Å²) >= 11 is 9.38. The van der Waals surface area contributed by atoms with E-state index >= 15 is 0 Å². The molecule has 32 heavy (non-hydrogen) atoms. The SMILES string of the molecule is CSc1nnc(NC(=O)CSc2nn3c(SCC(=O)Nc4nnc(SC)s4)nnc3s2)s1. The van der Waals surface area contributed by atoms with Gasteiger partial charge in [-0.05, 0) is 12.5 Å². The van der Waals surface area contributed by atoms with Crippen molar-refractivity contribution in [2.45, 2.75) is 18.2 Å². The number of nitrogens with zero attached hydrogens (tertiary/aromatic N) is 8. The zero-order valence-electron chi connectivity index (χ0n) is 16.2. The van der Waals surface area contributed by atoms with Crippen LogP contribution in [0.1, 0.15) is 0 Å². The van der Waals surface area contributed by atoms with Crippen LogP contribution in [0.4, 0.5) is 10.3 Å². The van der Waals surface area contributed by atoms with Crippen molar-refractivity contribution in [3.05, 3.63) is 0 Å². The molecule has 0 aliphatic rings. The smallest absolute Gasteiger partial charge is 0.236 e. The molecule has 0 atom stereocenters. The molecule has 4 heterocycles. The standard InChI is InChI=1S/C13H12N10O2S7/c1-26-11-20-16-7(30-11)14-5(24)3-28-9-18-19-10-23(9)22-13(32-10)29-4-6(25)15-8-17-21-12(27-2)31-8/h3-4H2,1-2H3,(H,14,16,24)(H,15,17,25). The first-order valence-electron chi connectivity index (χ1n) is 8.36. The lowest BCUT2D eigenvalue weighted by molar-refractivity contribution is -0.114. The highest BCUT2D eigenvalue weighted by molar-refractivity contribution is 8.02. The highest BCUT2D eigenvalue weighted by Crippen LogP contribution is 2.28. The number of carbonyl (C=O) groups is 2. The number of carbonyl (C=O) groups excluding carboxylic acids is 2. The van der Waals surface area contributed by atoms with Gasteiger partial charge in [0.2, 0.25) is 32.2 Å². The first-order valence-corrected chi connectivity index (χ1v) is 15.2. The molecule has 0 saturated carbocycles. The topological polar surface area (TPSA) is 153 Å². The van der Waals surface area contributed by atoms with Crippen LogP contribution in [-0.4, -0.2) is 76.0 Å². The van der Waals surface area contributed by atoms with Crippen LogP contribution in [0.25, 0.3) is 4.96 Å². The zero-order chi connectivity index (χ0) is 22.5. The van der Waals surface area contributed by atoms with Crippen molar-refractivity contribution in [3.63, 3.8) is 0 Å². The van der Waals surface area contributed by atoms with Gasteiger partial charge in [0.25, 0.3) is 0 Å². The summed E-state index contributed by atoms with van der Waals surface area (Å²) in [7, 11) is 0. The van der Waals surface area contributed by atoms with E-state index in [0.717, 1.165) is 8.68 Å². The van der Waals surface area contributed by atoms with Crippen LogP contribution in [0.3, 0.4) is 0 Å². The maximum absolute atomic E-state index is 12.2. The van der Waals surface area contributed by atoms with Crippen molar-refractivity contribution >= 4 is 108 Å². The zero-order valence-corrected chi connectivity index (χ0v) is 21.9. The quantitative estimate of drug-likeness (QED) is 0.215. The van der Waals surface area contributed by atoms with Gasteiger partial charge in [-0.15, -0.1) is 35.7 Å². The molecule has 0 saturated heterocycles. The Hall–Kier alpha value is -1.51. The Kier molecular flexibility index (Phi) is 8.18. The summed E-state index contributed by atoms with van der Waals surface area (Å²) in [6, 6.07) is 0. The van der Waals surface area contributed by atoms with Gasteiger partial charge in [0.1, 0.15) is 0 Å². The molecule has 0 aliphatic heterocycles. The molecule has 4 rings (SSSR count). The van der Waals surface area contributed by atoms with Crippen molar-refractivity contribution in [1.82, 2.24) is 40.2 Å². The Labute approximate surface area is 209 Å². The molecule has 2 amide bonds. The highest BCUT2D eigenvalue weighted by Gasteiger charge is 2.16. The minimum Gasteiger partial charge on any atom is -0.300 e. The van der Waals surface area contributed by atoms with Crippen LogP contribution in [0.15, 0.2) is 18.2 Å². The van der Waals surface area contributed by atoms with Crippen LogP contribution in [-0.2, 0) is 9.59 Å². The second-order valence-electron chi connectivity index (χ2n) is 5.37. The van der Waals surface area contributed by atoms with Crippen LogP contribution < -0.4 is 10.6 Å². The van der Waals surface area contributed by atoms with Crippen molar-refractivity contribution in [3.8, 4) is 0 Å². The van der Waals surface area contributed by atoms with Crippen molar-refractivity contribution < 1.29 is 9.59 Å². The Balaban J connectivity index is 1.28. The molecule has 0 radical (unpaired) electrons. The lowest BCUT2D eigenvalue weighted by Crippen LogP contribution is -2.14. The Morgan fingerprint density at radius 3 is 1.94 bits per heavy atom. The average Bonchev–Trinajstić information content (AvgIpc) is 3.55. The minimum atomic E-state index is -0.224. The predicted molar refractivity (Wildman–Crippen MR) is 131 cm³/mol. The van der Waals surface area contributed by atoms with Crippen LogP contribution in [0.5, 0.6) is 0 Å². The lowest BCUT2D eigenvalue weighted by Gasteiger charge is -1.99. The molecular weight excluding hydrogens is 553 g/mol. The Morgan fingerprint density at radius 1 is 0.781 bits per heavy atom. The van der Waals surface area contributed by atoms with E-state index in [1.54, 1.807) is 4.52 Å². The number of thioether (sulfide) groups is 4. The summed E-state index contributed by atoms with van der Waals surface area (Å²) in [4.78, 5) is 24.9. The molecule has 4 aromatic rings. The lowest BCUT2D eigenvalue weighted by atomic mass is 10.7. The summed E-state index contributed by atoms with van der Waals surface area (Å²) in [6.45, 7) is 0. The highest BCUT2D eigenvalue weighted by atomic mass is 32.2. The van der Waals surface area contributed by atoms with Gasteiger partial charge < -0.3 is 0 Å².